The van der Waals surface area contributed by atoms with Crippen molar-refractivity contribution in [3.8, 4) is 0 Å². The molecule has 0 amide bonds. The first-order valence-corrected chi connectivity index (χ1v) is 7.01. The Hall–Kier alpha value is -2.20. The van der Waals surface area contributed by atoms with Gasteiger partial charge in [-0.3, -0.25) is 9.59 Å². The van der Waals surface area contributed by atoms with Crippen LogP contribution in [0.2, 0.25) is 5.02 Å². The van der Waals surface area contributed by atoms with E-state index in [0.29, 0.717) is 16.1 Å². The second kappa shape index (κ2) is 7.18. The van der Waals surface area contributed by atoms with Crippen LogP contribution in [0.25, 0.3) is 0 Å². The van der Waals surface area contributed by atoms with E-state index in [0.717, 1.165) is 0 Å². The zero-order valence-corrected chi connectivity index (χ0v) is 12.6. The molecular weight excluding hydrogens is 307 g/mol. The van der Waals surface area contributed by atoms with Crippen molar-refractivity contribution in [1.82, 2.24) is 0 Å². The first-order valence-electron chi connectivity index (χ1n) is 6.63. The molecule has 0 saturated heterocycles. The molecule has 0 heterocycles. The Morgan fingerprint density at radius 1 is 1.09 bits per heavy atom. The molecule has 1 atom stereocenters. The summed E-state index contributed by atoms with van der Waals surface area (Å²) in [4.78, 5) is 24.2. The van der Waals surface area contributed by atoms with E-state index in [4.69, 9.17) is 16.3 Å². The minimum atomic E-state index is -0.770. The molecule has 0 aromatic heterocycles. The molecule has 0 radical (unpaired) electrons. The monoisotopic (exact) mass is 320 g/mol. The van der Waals surface area contributed by atoms with E-state index in [9.17, 15) is 14.0 Å². The summed E-state index contributed by atoms with van der Waals surface area (Å²) >= 11 is 5.78. The van der Waals surface area contributed by atoms with Gasteiger partial charge in [0.15, 0.2) is 5.78 Å². The van der Waals surface area contributed by atoms with Gasteiger partial charge in [0, 0.05) is 17.0 Å². The average Bonchev–Trinajstić information content (AvgIpc) is 2.53. The van der Waals surface area contributed by atoms with Crippen LogP contribution in [0.1, 0.15) is 28.3 Å². The van der Waals surface area contributed by atoms with Gasteiger partial charge in [0.05, 0.1) is 13.0 Å². The number of ether oxygens (including phenoxy) is 1. The van der Waals surface area contributed by atoms with Crippen LogP contribution >= 0.6 is 11.6 Å². The summed E-state index contributed by atoms with van der Waals surface area (Å²) in [6, 6.07) is 11.9. The number of rotatable bonds is 5. The molecule has 0 N–H and O–H groups in total. The van der Waals surface area contributed by atoms with E-state index in [-0.39, 0.29) is 12.2 Å². The standard InChI is InChI=1S/C17H14ClFO3/c1-22-17(21)15(11-4-8-14(19)9-5-11)10-16(20)12-2-6-13(18)7-3-12/h2-9,15H,10H2,1H3. The highest BCUT2D eigenvalue weighted by atomic mass is 35.5. The van der Waals surface area contributed by atoms with E-state index >= 15 is 0 Å². The number of hydrogen-bond acceptors (Lipinski definition) is 3. The van der Waals surface area contributed by atoms with Crippen molar-refractivity contribution in [2.24, 2.45) is 0 Å². The van der Waals surface area contributed by atoms with Crippen LogP contribution < -0.4 is 0 Å². The number of halogens is 2. The van der Waals surface area contributed by atoms with Gasteiger partial charge >= 0.3 is 5.97 Å². The van der Waals surface area contributed by atoms with Crippen LogP contribution in [0.15, 0.2) is 48.5 Å². The van der Waals surface area contributed by atoms with Crippen LogP contribution in [0.4, 0.5) is 4.39 Å². The molecule has 0 aliphatic heterocycles. The van der Waals surface area contributed by atoms with Gasteiger partial charge < -0.3 is 4.74 Å². The van der Waals surface area contributed by atoms with Gasteiger partial charge in [-0.25, -0.2) is 4.39 Å². The lowest BCUT2D eigenvalue weighted by atomic mass is 9.91. The highest BCUT2D eigenvalue weighted by Gasteiger charge is 2.25. The number of methoxy groups -OCH3 is 1. The van der Waals surface area contributed by atoms with Crippen molar-refractivity contribution in [2.75, 3.05) is 7.11 Å². The maximum Gasteiger partial charge on any atom is 0.313 e. The Kier molecular flexibility index (Phi) is 5.28. The second-order valence-corrected chi connectivity index (χ2v) is 5.20. The molecule has 2 rings (SSSR count). The van der Waals surface area contributed by atoms with Crippen molar-refractivity contribution >= 4 is 23.4 Å². The normalized spacial score (nSPS) is 11.8. The quantitative estimate of drug-likeness (QED) is 0.617. The lowest BCUT2D eigenvalue weighted by Crippen LogP contribution is -2.18. The summed E-state index contributed by atoms with van der Waals surface area (Å²) in [6.07, 6.45) is -0.0556. The summed E-state index contributed by atoms with van der Waals surface area (Å²) in [5.41, 5.74) is 0.996. The third kappa shape index (κ3) is 3.92. The van der Waals surface area contributed by atoms with E-state index in [2.05, 4.69) is 0 Å². The molecule has 0 saturated carbocycles. The van der Waals surface area contributed by atoms with Crippen LogP contribution in [-0.4, -0.2) is 18.9 Å². The molecule has 3 nitrogen and oxygen atoms in total. The molecular formula is C17H14ClFO3. The van der Waals surface area contributed by atoms with Crippen LogP contribution in [0.5, 0.6) is 0 Å². The number of esters is 1. The number of carbonyl (C=O) groups is 2. The maximum absolute atomic E-state index is 13.0. The van der Waals surface area contributed by atoms with E-state index in [1.165, 1.54) is 31.4 Å². The van der Waals surface area contributed by atoms with Crippen molar-refractivity contribution < 1.29 is 18.7 Å². The van der Waals surface area contributed by atoms with Crippen molar-refractivity contribution in [2.45, 2.75) is 12.3 Å². The Balaban J connectivity index is 2.23. The van der Waals surface area contributed by atoms with Gasteiger partial charge in [-0.05, 0) is 42.0 Å². The fourth-order valence-corrected chi connectivity index (χ4v) is 2.24. The summed E-state index contributed by atoms with van der Waals surface area (Å²) in [7, 11) is 1.26. The van der Waals surface area contributed by atoms with Gasteiger partial charge in [-0.15, -0.1) is 0 Å². The molecule has 0 bridgehead atoms. The van der Waals surface area contributed by atoms with E-state index in [1.54, 1.807) is 24.3 Å². The first kappa shape index (κ1) is 16.2. The molecule has 1 unspecified atom stereocenters. The summed E-state index contributed by atoms with van der Waals surface area (Å²) < 4.78 is 17.7. The van der Waals surface area contributed by atoms with E-state index < -0.39 is 17.7 Å². The fourth-order valence-electron chi connectivity index (χ4n) is 2.11. The van der Waals surface area contributed by atoms with Crippen LogP contribution in [0.3, 0.4) is 0 Å². The topological polar surface area (TPSA) is 43.4 Å². The highest BCUT2D eigenvalue weighted by molar-refractivity contribution is 6.30. The van der Waals surface area contributed by atoms with Gasteiger partial charge in [0.25, 0.3) is 0 Å². The molecule has 114 valence electrons. The predicted molar refractivity (Wildman–Crippen MR) is 81.6 cm³/mol. The van der Waals surface area contributed by atoms with Crippen LogP contribution in [-0.2, 0) is 9.53 Å². The summed E-state index contributed by atoms with van der Waals surface area (Å²) in [6.45, 7) is 0. The lowest BCUT2D eigenvalue weighted by Gasteiger charge is -2.14. The SMILES string of the molecule is COC(=O)C(CC(=O)c1ccc(Cl)cc1)c1ccc(F)cc1. The Morgan fingerprint density at radius 2 is 1.68 bits per heavy atom. The molecule has 0 aliphatic rings. The van der Waals surface area contributed by atoms with E-state index in [1.807, 2.05) is 0 Å². The summed E-state index contributed by atoms with van der Waals surface area (Å²) in [5.74, 6) is -1.92. The van der Waals surface area contributed by atoms with Crippen molar-refractivity contribution in [3.63, 3.8) is 0 Å². The molecule has 2 aromatic carbocycles. The van der Waals surface area contributed by atoms with Gasteiger partial charge in [0.1, 0.15) is 5.82 Å². The molecule has 2 aromatic rings. The number of ketones is 1. The Morgan fingerprint density at radius 3 is 2.23 bits per heavy atom. The van der Waals surface area contributed by atoms with Gasteiger partial charge in [-0.1, -0.05) is 23.7 Å². The Bertz CT molecular complexity index is 665. The predicted octanol–water partition coefficient (Wildman–Crippen LogP) is 4.01. The van der Waals surface area contributed by atoms with Crippen molar-refractivity contribution in [1.29, 1.82) is 0 Å². The molecule has 0 spiro atoms. The fraction of sp³-hybridized carbons (Fsp3) is 0.176. The third-order valence-electron chi connectivity index (χ3n) is 3.31. The van der Waals surface area contributed by atoms with Crippen molar-refractivity contribution in [3.05, 3.63) is 70.5 Å². The number of carbonyl (C=O) groups excluding carboxylic acids is 2. The zero-order valence-electron chi connectivity index (χ0n) is 11.9. The largest absolute Gasteiger partial charge is 0.469 e. The number of benzene rings is 2. The Labute approximate surface area is 132 Å². The highest BCUT2D eigenvalue weighted by Crippen LogP contribution is 2.24. The van der Waals surface area contributed by atoms with Gasteiger partial charge in [0.2, 0.25) is 0 Å². The van der Waals surface area contributed by atoms with Crippen LogP contribution in [0, 0.1) is 5.82 Å². The smallest absolute Gasteiger partial charge is 0.313 e. The van der Waals surface area contributed by atoms with Gasteiger partial charge in [-0.2, -0.15) is 0 Å². The molecule has 0 aliphatic carbocycles. The minimum absolute atomic E-state index is 0.0556. The minimum Gasteiger partial charge on any atom is -0.469 e. The average molecular weight is 321 g/mol. The summed E-state index contributed by atoms with van der Waals surface area (Å²) in [5, 5.41) is 0.527. The molecule has 5 heteroatoms. The molecule has 0 fully saturated rings. The zero-order chi connectivity index (χ0) is 16.1. The number of hydrogen-bond donors (Lipinski definition) is 0. The lowest BCUT2D eigenvalue weighted by molar-refractivity contribution is -0.142. The third-order valence-corrected chi connectivity index (χ3v) is 3.57. The first-order chi connectivity index (χ1) is 10.5. The molecule has 22 heavy (non-hydrogen) atoms. The number of Topliss-reactive ketones (excluding diaryl/α,β-unsaturated/α-hetero) is 1. The second-order valence-electron chi connectivity index (χ2n) is 4.76. The maximum atomic E-state index is 13.0.